The zero-order chi connectivity index (χ0) is 7.56. The summed E-state index contributed by atoms with van der Waals surface area (Å²) < 4.78 is 0. The van der Waals surface area contributed by atoms with Gasteiger partial charge in [0.1, 0.15) is 6.29 Å². The molecular weight excluding hydrogens is 128 g/mol. The van der Waals surface area contributed by atoms with E-state index in [4.69, 9.17) is 5.73 Å². The Bertz CT molecular complexity index is 258. The molecule has 0 aromatic heterocycles. The van der Waals surface area contributed by atoms with Gasteiger partial charge in [0.25, 0.3) is 0 Å². The lowest BCUT2D eigenvalue weighted by molar-refractivity contribution is -0.253. The molecule has 3 heteroatoms. The SMILES string of the molecule is Nc1cc(C=O)ccc1[NH3+]. The summed E-state index contributed by atoms with van der Waals surface area (Å²) in [5, 5.41) is 0. The third kappa shape index (κ3) is 1.14. The van der Waals surface area contributed by atoms with Gasteiger partial charge in [0, 0.05) is 11.6 Å². The molecule has 1 aromatic rings. The highest BCUT2D eigenvalue weighted by atomic mass is 16.1. The Balaban J connectivity index is 3.16. The summed E-state index contributed by atoms with van der Waals surface area (Å²) >= 11 is 0. The number of hydrogen-bond acceptors (Lipinski definition) is 2. The molecule has 5 N–H and O–H groups in total. The van der Waals surface area contributed by atoms with Crippen molar-refractivity contribution in [3.63, 3.8) is 0 Å². The first-order chi connectivity index (χ1) is 4.74. The van der Waals surface area contributed by atoms with E-state index in [2.05, 4.69) is 5.73 Å². The molecule has 1 aromatic carbocycles. The topological polar surface area (TPSA) is 70.7 Å². The van der Waals surface area contributed by atoms with Gasteiger partial charge in [-0.2, -0.15) is 0 Å². The lowest BCUT2D eigenvalue weighted by Gasteiger charge is -1.94. The van der Waals surface area contributed by atoms with Crippen LogP contribution in [0, 0.1) is 0 Å². The summed E-state index contributed by atoms with van der Waals surface area (Å²) in [6, 6.07) is 5.01. The summed E-state index contributed by atoms with van der Waals surface area (Å²) in [6.07, 6.45) is 0.760. The molecule has 0 saturated carbocycles. The fraction of sp³-hybridized carbons (Fsp3) is 0. The maximum absolute atomic E-state index is 10.2. The molecule has 0 saturated heterocycles. The fourth-order valence-corrected chi connectivity index (χ4v) is 0.687. The molecule has 0 heterocycles. The predicted octanol–water partition coefficient (Wildman–Crippen LogP) is -0.0453. The third-order valence-corrected chi connectivity index (χ3v) is 1.31. The van der Waals surface area contributed by atoms with E-state index in [0.29, 0.717) is 11.3 Å². The maximum atomic E-state index is 10.2. The molecule has 0 amide bonds. The minimum atomic E-state index is 0.560. The second-order valence-corrected chi connectivity index (χ2v) is 2.08. The van der Waals surface area contributed by atoms with E-state index < -0.39 is 0 Å². The number of anilines is 1. The van der Waals surface area contributed by atoms with Crippen LogP contribution in [-0.4, -0.2) is 6.29 Å². The zero-order valence-corrected chi connectivity index (χ0v) is 5.50. The number of benzene rings is 1. The Kier molecular flexibility index (Phi) is 1.69. The molecule has 0 unspecified atom stereocenters. The molecule has 0 fully saturated rings. The second kappa shape index (κ2) is 2.49. The highest BCUT2D eigenvalue weighted by molar-refractivity contribution is 5.78. The van der Waals surface area contributed by atoms with E-state index >= 15 is 0 Å². The lowest BCUT2D eigenvalue weighted by Crippen LogP contribution is -2.41. The van der Waals surface area contributed by atoms with Gasteiger partial charge in [0.05, 0.1) is 5.69 Å². The molecule has 3 nitrogen and oxygen atoms in total. The number of quaternary nitrogens is 1. The minimum Gasteiger partial charge on any atom is -0.394 e. The van der Waals surface area contributed by atoms with E-state index in [0.717, 1.165) is 12.0 Å². The number of rotatable bonds is 1. The molecule has 1 rings (SSSR count). The first-order valence-electron chi connectivity index (χ1n) is 2.90. The van der Waals surface area contributed by atoms with Gasteiger partial charge in [0.15, 0.2) is 5.69 Å². The Labute approximate surface area is 58.6 Å². The molecule has 0 aliphatic carbocycles. The van der Waals surface area contributed by atoms with Gasteiger partial charge in [-0.3, -0.25) is 4.79 Å². The average molecular weight is 137 g/mol. The quantitative estimate of drug-likeness (QED) is 0.421. The van der Waals surface area contributed by atoms with Crippen LogP contribution >= 0.6 is 0 Å². The van der Waals surface area contributed by atoms with Crippen LogP contribution in [0.1, 0.15) is 10.4 Å². The van der Waals surface area contributed by atoms with Gasteiger partial charge < -0.3 is 11.5 Å². The number of aldehydes is 1. The highest BCUT2D eigenvalue weighted by Gasteiger charge is 1.97. The van der Waals surface area contributed by atoms with Gasteiger partial charge in [-0.05, 0) is 12.1 Å². The summed E-state index contributed by atoms with van der Waals surface area (Å²) in [4.78, 5) is 10.2. The van der Waals surface area contributed by atoms with Crippen molar-refractivity contribution in [2.45, 2.75) is 0 Å². The van der Waals surface area contributed by atoms with Gasteiger partial charge in [-0.25, -0.2) is 0 Å². The number of hydrogen-bond donors (Lipinski definition) is 2. The monoisotopic (exact) mass is 137 g/mol. The predicted molar refractivity (Wildman–Crippen MR) is 38.8 cm³/mol. The van der Waals surface area contributed by atoms with Crippen molar-refractivity contribution < 1.29 is 10.5 Å². The van der Waals surface area contributed by atoms with Crippen LogP contribution in [0.25, 0.3) is 0 Å². The van der Waals surface area contributed by atoms with Crippen LogP contribution in [0.2, 0.25) is 0 Å². The standard InChI is InChI=1S/C7H8N2O/c8-6-2-1-5(4-10)3-7(6)9/h1-4H,8-9H2/p+1. The first-order valence-corrected chi connectivity index (χ1v) is 2.90. The molecule has 52 valence electrons. The Morgan fingerprint density at radius 1 is 1.50 bits per heavy atom. The second-order valence-electron chi connectivity index (χ2n) is 2.08. The van der Waals surface area contributed by atoms with Crippen LogP contribution in [0.5, 0.6) is 0 Å². The molecule has 0 spiro atoms. The zero-order valence-electron chi connectivity index (χ0n) is 5.50. The van der Waals surface area contributed by atoms with Crippen molar-refractivity contribution in [1.82, 2.24) is 0 Å². The normalized spacial score (nSPS) is 9.30. The molecule has 0 aliphatic heterocycles. The smallest absolute Gasteiger partial charge is 0.151 e. The van der Waals surface area contributed by atoms with Crippen LogP contribution in [0.15, 0.2) is 18.2 Å². The summed E-state index contributed by atoms with van der Waals surface area (Å²) in [5.41, 5.74) is 11.0. The molecule has 0 aliphatic rings. The Morgan fingerprint density at radius 3 is 2.70 bits per heavy atom. The van der Waals surface area contributed by atoms with Gasteiger partial charge in [-0.15, -0.1) is 0 Å². The number of carbonyl (C=O) groups is 1. The number of nitrogens with two attached hydrogens (primary N) is 1. The van der Waals surface area contributed by atoms with Crippen LogP contribution in [0.3, 0.4) is 0 Å². The third-order valence-electron chi connectivity index (χ3n) is 1.31. The van der Waals surface area contributed by atoms with E-state index in [1.807, 2.05) is 0 Å². The van der Waals surface area contributed by atoms with E-state index in [9.17, 15) is 4.79 Å². The summed E-state index contributed by atoms with van der Waals surface area (Å²) in [7, 11) is 0. The van der Waals surface area contributed by atoms with Crippen molar-refractivity contribution in [2.24, 2.45) is 0 Å². The lowest BCUT2D eigenvalue weighted by atomic mass is 10.2. The Hall–Kier alpha value is -1.35. The highest BCUT2D eigenvalue weighted by Crippen LogP contribution is 2.12. The average Bonchev–Trinajstić information content (AvgIpc) is 1.95. The summed E-state index contributed by atoms with van der Waals surface area (Å²) in [5.74, 6) is 0. The van der Waals surface area contributed by atoms with E-state index in [1.165, 1.54) is 0 Å². The maximum Gasteiger partial charge on any atom is 0.151 e. The van der Waals surface area contributed by atoms with Crippen molar-refractivity contribution in [1.29, 1.82) is 0 Å². The van der Waals surface area contributed by atoms with Crippen molar-refractivity contribution in [3.05, 3.63) is 23.8 Å². The number of nitrogen functional groups attached to an aromatic ring is 1. The van der Waals surface area contributed by atoms with Crippen molar-refractivity contribution in [2.75, 3.05) is 5.73 Å². The molecular formula is C7H9N2O+. The van der Waals surface area contributed by atoms with E-state index in [1.54, 1.807) is 18.2 Å². The van der Waals surface area contributed by atoms with Crippen molar-refractivity contribution >= 4 is 17.7 Å². The van der Waals surface area contributed by atoms with Gasteiger partial charge >= 0.3 is 0 Å². The molecule has 0 radical (unpaired) electrons. The van der Waals surface area contributed by atoms with Crippen LogP contribution < -0.4 is 11.5 Å². The van der Waals surface area contributed by atoms with Crippen LogP contribution in [0.4, 0.5) is 11.4 Å². The Morgan fingerprint density at radius 2 is 2.20 bits per heavy atom. The fourth-order valence-electron chi connectivity index (χ4n) is 0.687. The molecule has 0 atom stereocenters. The molecule has 10 heavy (non-hydrogen) atoms. The molecule has 0 bridgehead atoms. The van der Waals surface area contributed by atoms with Crippen LogP contribution in [-0.2, 0) is 0 Å². The first kappa shape index (κ1) is 6.77. The summed E-state index contributed by atoms with van der Waals surface area (Å²) in [6.45, 7) is 0. The van der Waals surface area contributed by atoms with E-state index in [-0.39, 0.29) is 0 Å². The van der Waals surface area contributed by atoms with Gasteiger partial charge in [0.2, 0.25) is 0 Å². The number of carbonyl (C=O) groups excluding carboxylic acids is 1. The van der Waals surface area contributed by atoms with Gasteiger partial charge in [-0.1, -0.05) is 0 Å². The van der Waals surface area contributed by atoms with Crippen molar-refractivity contribution in [3.8, 4) is 0 Å². The minimum absolute atomic E-state index is 0.560. The largest absolute Gasteiger partial charge is 0.394 e.